The Morgan fingerprint density at radius 3 is 2.44 bits per heavy atom. The zero-order valence-electron chi connectivity index (χ0n) is 13.4. The number of pyridine rings is 1. The minimum absolute atomic E-state index is 0. The molecule has 136 valence electrons. The van der Waals surface area contributed by atoms with Gasteiger partial charge in [0.1, 0.15) is 5.75 Å². The maximum absolute atomic E-state index is 12.1. The highest BCUT2D eigenvalue weighted by Crippen LogP contribution is 2.26. The van der Waals surface area contributed by atoms with Gasteiger partial charge in [-0.05, 0) is 49.6 Å². The number of aromatic nitrogens is 1. The van der Waals surface area contributed by atoms with Gasteiger partial charge in [0.15, 0.2) is 0 Å². The molecule has 25 heavy (non-hydrogen) atoms. The van der Waals surface area contributed by atoms with Crippen LogP contribution in [0.1, 0.15) is 19.3 Å². The van der Waals surface area contributed by atoms with E-state index in [2.05, 4.69) is 10.3 Å². The zero-order valence-corrected chi connectivity index (χ0v) is 15.7. The second-order valence-electron chi connectivity index (χ2n) is 5.70. The first-order valence-corrected chi connectivity index (χ1v) is 7.94. The van der Waals surface area contributed by atoms with Crippen molar-refractivity contribution in [1.82, 2.24) is 4.98 Å². The summed E-state index contributed by atoms with van der Waals surface area (Å²) < 4.78 is 5.61. The van der Waals surface area contributed by atoms with Crippen LogP contribution < -0.4 is 15.8 Å². The molecule has 0 aliphatic heterocycles. The summed E-state index contributed by atoms with van der Waals surface area (Å²) >= 11 is 5.78. The van der Waals surface area contributed by atoms with Crippen LogP contribution in [0.2, 0.25) is 5.02 Å². The Kier molecular flexibility index (Phi) is 8.45. The fourth-order valence-corrected chi connectivity index (χ4v) is 2.76. The van der Waals surface area contributed by atoms with Gasteiger partial charge in [-0.3, -0.25) is 4.79 Å². The van der Waals surface area contributed by atoms with Crippen molar-refractivity contribution in [2.24, 2.45) is 11.7 Å². The van der Waals surface area contributed by atoms with Crippen molar-refractivity contribution in [2.75, 3.05) is 5.32 Å². The minimum atomic E-state index is 0. The van der Waals surface area contributed by atoms with Crippen molar-refractivity contribution in [2.45, 2.75) is 25.3 Å². The van der Waals surface area contributed by atoms with Crippen LogP contribution in [-0.4, -0.2) is 16.9 Å². The van der Waals surface area contributed by atoms with Crippen molar-refractivity contribution in [3.05, 3.63) is 47.6 Å². The molecule has 5 nitrogen and oxygen atoms in total. The lowest BCUT2D eigenvalue weighted by Gasteiger charge is -2.11. The Hall–Kier alpha value is -1.53. The standard InChI is InChI=1S/C17H18ClN3O2.2ClH/c18-12-2-8-16(20-10-12)23-15-6-4-14(5-7-15)21-17(22)11-1-3-13(19)9-11;;/h2,4-8,10-11,13H,1,3,9,19H2,(H,21,22);2*1H. The number of anilines is 1. The topological polar surface area (TPSA) is 77.2 Å². The van der Waals surface area contributed by atoms with E-state index >= 15 is 0 Å². The lowest BCUT2D eigenvalue weighted by molar-refractivity contribution is -0.119. The minimum Gasteiger partial charge on any atom is -0.439 e. The molecule has 2 atom stereocenters. The van der Waals surface area contributed by atoms with E-state index in [0.717, 1.165) is 24.9 Å². The van der Waals surface area contributed by atoms with Crippen molar-refractivity contribution >= 4 is 48.0 Å². The first-order chi connectivity index (χ1) is 11.1. The molecule has 1 aromatic carbocycles. The Morgan fingerprint density at radius 1 is 1.16 bits per heavy atom. The van der Waals surface area contributed by atoms with Gasteiger partial charge in [-0.25, -0.2) is 4.98 Å². The zero-order chi connectivity index (χ0) is 16.2. The quantitative estimate of drug-likeness (QED) is 0.790. The predicted octanol–water partition coefficient (Wildman–Crippen LogP) is 4.44. The van der Waals surface area contributed by atoms with Crippen LogP contribution in [0.25, 0.3) is 0 Å². The molecule has 1 amide bonds. The maximum Gasteiger partial charge on any atom is 0.227 e. The van der Waals surface area contributed by atoms with Gasteiger partial charge in [0.2, 0.25) is 11.8 Å². The number of hydrogen-bond donors (Lipinski definition) is 2. The van der Waals surface area contributed by atoms with Gasteiger partial charge in [0.25, 0.3) is 0 Å². The first kappa shape index (κ1) is 21.5. The average molecular weight is 405 g/mol. The number of hydrogen-bond acceptors (Lipinski definition) is 4. The fourth-order valence-electron chi connectivity index (χ4n) is 2.65. The average Bonchev–Trinajstić information content (AvgIpc) is 2.98. The molecule has 3 N–H and O–H groups in total. The number of carbonyl (C=O) groups excluding carboxylic acids is 1. The summed E-state index contributed by atoms with van der Waals surface area (Å²) in [5.74, 6) is 1.15. The number of halogens is 3. The van der Waals surface area contributed by atoms with Gasteiger partial charge in [-0.15, -0.1) is 24.8 Å². The number of carbonyl (C=O) groups is 1. The van der Waals surface area contributed by atoms with Gasteiger partial charge in [0, 0.05) is 29.9 Å². The summed E-state index contributed by atoms with van der Waals surface area (Å²) in [4.78, 5) is 16.2. The molecule has 0 bridgehead atoms. The molecule has 1 aromatic heterocycles. The molecular weight excluding hydrogens is 385 g/mol. The van der Waals surface area contributed by atoms with Crippen LogP contribution in [0.3, 0.4) is 0 Å². The number of nitrogens with one attached hydrogen (secondary N) is 1. The first-order valence-electron chi connectivity index (χ1n) is 7.56. The smallest absolute Gasteiger partial charge is 0.227 e. The Balaban J connectivity index is 0.00000156. The third-order valence-electron chi connectivity index (χ3n) is 3.89. The van der Waals surface area contributed by atoms with Gasteiger partial charge in [-0.2, -0.15) is 0 Å². The summed E-state index contributed by atoms with van der Waals surface area (Å²) in [5, 5.41) is 3.48. The van der Waals surface area contributed by atoms with Crippen LogP contribution >= 0.6 is 36.4 Å². The van der Waals surface area contributed by atoms with Crippen LogP contribution in [0, 0.1) is 5.92 Å². The monoisotopic (exact) mass is 403 g/mol. The number of ether oxygens (including phenoxy) is 1. The van der Waals surface area contributed by atoms with Crippen LogP contribution in [-0.2, 0) is 4.79 Å². The third kappa shape index (κ3) is 6.04. The third-order valence-corrected chi connectivity index (χ3v) is 4.11. The molecule has 1 saturated carbocycles. The largest absolute Gasteiger partial charge is 0.439 e. The molecule has 3 rings (SSSR count). The number of nitrogens with two attached hydrogens (primary N) is 1. The molecule has 1 heterocycles. The van der Waals surface area contributed by atoms with Crippen molar-refractivity contribution < 1.29 is 9.53 Å². The summed E-state index contributed by atoms with van der Waals surface area (Å²) in [5.41, 5.74) is 6.59. The molecular formula is C17H20Cl3N3O2. The molecule has 8 heteroatoms. The Morgan fingerprint density at radius 2 is 1.88 bits per heavy atom. The van der Waals surface area contributed by atoms with E-state index in [0.29, 0.717) is 16.7 Å². The summed E-state index contributed by atoms with van der Waals surface area (Å²) in [7, 11) is 0. The van der Waals surface area contributed by atoms with E-state index in [9.17, 15) is 4.79 Å². The fraction of sp³-hybridized carbons (Fsp3) is 0.294. The van der Waals surface area contributed by atoms with Crippen molar-refractivity contribution in [3.8, 4) is 11.6 Å². The highest BCUT2D eigenvalue weighted by Gasteiger charge is 2.27. The summed E-state index contributed by atoms with van der Waals surface area (Å²) in [6, 6.07) is 10.7. The van der Waals surface area contributed by atoms with E-state index in [1.54, 1.807) is 36.4 Å². The number of amides is 1. The molecule has 2 aromatic rings. The van der Waals surface area contributed by atoms with Crippen LogP contribution in [0.5, 0.6) is 11.6 Å². The molecule has 1 fully saturated rings. The van der Waals surface area contributed by atoms with Gasteiger partial charge >= 0.3 is 0 Å². The molecule has 0 radical (unpaired) electrons. The lowest BCUT2D eigenvalue weighted by Crippen LogP contribution is -2.23. The van der Waals surface area contributed by atoms with Crippen LogP contribution in [0.15, 0.2) is 42.6 Å². The molecule has 0 spiro atoms. The van der Waals surface area contributed by atoms with E-state index in [-0.39, 0.29) is 42.7 Å². The Bertz CT molecular complexity index is 681. The summed E-state index contributed by atoms with van der Waals surface area (Å²) in [6.45, 7) is 0. The maximum atomic E-state index is 12.1. The van der Waals surface area contributed by atoms with E-state index in [1.165, 1.54) is 6.20 Å². The van der Waals surface area contributed by atoms with Gasteiger partial charge in [-0.1, -0.05) is 11.6 Å². The number of rotatable bonds is 4. The van der Waals surface area contributed by atoms with E-state index in [4.69, 9.17) is 22.1 Å². The normalized spacial score (nSPS) is 18.6. The van der Waals surface area contributed by atoms with Gasteiger partial charge in [0.05, 0.1) is 5.02 Å². The summed E-state index contributed by atoms with van der Waals surface area (Å²) in [6.07, 6.45) is 4.06. The molecule has 1 aliphatic rings. The molecule has 2 unspecified atom stereocenters. The molecule has 1 aliphatic carbocycles. The predicted molar refractivity (Wildman–Crippen MR) is 104 cm³/mol. The Labute approximate surface area is 164 Å². The highest BCUT2D eigenvalue weighted by atomic mass is 35.5. The highest BCUT2D eigenvalue weighted by molar-refractivity contribution is 6.30. The van der Waals surface area contributed by atoms with Crippen molar-refractivity contribution in [3.63, 3.8) is 0 Å². The van der Waals surface area contributed by atoms with Crippen molar-refractivity contribution in [1.29, 1.82) is 0 Å². The van der Waals surface area contributed by atoms with Gasteiger partial charge < -0.3 is 15.8 Å². The second-order valence-corrected chi connectivity index (χ2v) is 6.14. The lowest BCUT2D eigenvalue weighted by atomic mass is 10.1. The second kappa shape index (κ2) is 9.82. The van der Waals surface area contributed by atoms with E-state index < -0.39 is 0 Å². The number of nitrogens with zero attached hydrogens (tertiary/aromatic N) is 1. The number of benzene rings is 1. The SMILES string of the molecule is Cl.Cl.NC1CCC(C(=O)Nc2ccc(Oc3ccc(Cl)cn3)cc2)C1. The van der Waals surface area contributed by atoms with Crippen LogP contribution in [0.4, 0.5) is 5.69 Å². The van der Waals surface area contributed by atoms with E-state index in [1.807, 2.05) is 0 Å². The molecule has 0 saturated heterocycles.